The Morgan fingerprint density at radius 2 is 1.96 bits per heavy atom. The highest BCUT2D eigenvalue weighted by Crippen LogP contribution is 2.30. The van der Waals surface area contributed by atoms with Gasteiger partial charge in [-0.05, 0) is 5.92 Å². The van der Waals surface area contributed by atoms with E-state index in [4.69, 9.17) is 14.3 Å². The number of aryl methyl sites for hydroxylation is 2. The molecule has 28 heavy (non-hydrogen) atoms. The molecule has 10 heteroatoms. The molecule has 4 rings (SSSR count). The second kappa shape index (κ2) is 7.63. The first-order valence-electron chi connectivity index (χ1n) is 9.48. The van der Waals surface area contributed by atoms with Crippen LogP contribution in [0.5, 0.6) is 0 Å². The van der Waals surface area contributed by atoms with Gasteiger partial charge in [-0.25, -0.2) is 4.98 Å². The Morgan fingerprint density at radius 3 is 2.64 bits per heavy atom. The van der Waals surface area contributed by atoms with Crippen LogP contribution < -0.4 is 10.2 Å². The van der Waals surface area contributed by atoms with E-state index >= 15 is 0 Å². The molecule has 3 aromatic heterocycles. The van der Waals surface area contributed by atoms with E-state index in [-0.39, 0.29) is 0 Å². The second-order valence-electron chi connectivity index (χ2n) is 7.19. The topological polar surface area (TPSA) is 99.1 Å². The molecule has 0 aromatic carbocycles. The van der Waals surface area contributed by atoms with Crippen LogP contribution in [0.15, 0.2) is 16.8 Å². The summed E-state index contributed by atoms with van der Waals surface area (Å²) in [5.41, 5.74) is 2.22. The van der Waals surface area contributed by atoms with E-state index in [0.717, 1.165) is 43.4 Å². The van der Waals surface area contributed by atoms with Crippen molar-refractivity contribution < 1.29 is 9.15 Å². The van der Waals surface area contributed by atoms with E-state index < -0.39 is 0 Å². The van der Waals surface area contributed by atoms with Gasteiger partial charge in [0.25, 0.3) is 5.89 Å². The highest BCUT2D eigenvalue weighted by molar-refractivity contribution is 5.53. The van der Waals surface area contributed by atoms with Crippen molar-refractivity contribution in [3.05, 3.63) is 23.7 Å². The first-order valence-corrected chi connectivity index (χ1v) is 9.48. The van der Waals surface area contributed by atoms with Crippen molar-refractivity contribution in [1.29, 1.82) is 0 Å². The summed E-state index contributed by atoms with van der Waals surface area (Å²) in [4.78, 5) is 6.57. The second-order valence-corrected chi connectivity index (χ2v) is 7.19. The van der Waals surface area contributed by atoms with Gasteiger partial charge in [0.2, 0.25) is 0 Å². The molecule has 0 bridgehead atoms. The predicted octanol–water partition coefficient (Wildman–Crippen LogP) is 1.78. The summed E-state index contributed by atoms with van der Waals surface area (Å²) in [6.45, 7) is 8.03. The normalized spacial score (nSPS) is 14.8. The van der Waals surface area contributed by atoms with E-state index in [1.54, 1.807) is 6.20 Å². The van der Waals surface area contributed by atoms with Crippen molar-refractivity contribution in [3.63, 3.8) is 0 Å². The third kappa shape index (κ3) is 3.47. The van der Waals surface area contributed by atoms with Gasteiger partial charge in [-0.1, -0.05) is 18.9 Å². The van der Waals surface area contributed by atoms with Crippen LogP contribution in [0.4, 0.5) is 11.8 Å². The van der Waals surface area contributed by atoms with Crippen LogP contribution in [-0.4, -0.2) is 55.8 Å². The molecular formula is C18H26N8O2. The molecule has 0 spiro atoms. The average Bonchev–Trinajstić information content (AvgIpc) is 3.39. The molecule has 0 unspecified atom stereocenters. The molecule has 3 aromatic rings. The van der Waals surface area contributed by atoms with Gasteiger partial charge < -0.3 is 23.9 Å². The monoisotopic (exact) mass is 386 g/mol. The van der Waals surface area contributed by atoms with Gasteiger partial charge in [0, 0.05) is 45.1 Å². The maximum absolute atomic E-state index is 5.75. The highest BCUT2D eigenvalue weighted by atomic mass is 16.5. The summed E-state index contributed by atoms with van der Waals surface area (Å²) in [6, 6.07) is 0.365. The lowest BCUT2D eigenvalue weighted by atomic mass is 10.1. The van der Waals surface area contributed by atoms with Gasteiger partial charge in [0.15, 0.2) is 5.82 Å². The summed E-state index contributed by atoms with van der Waals surface area (Å²) >= 11 is 0. The summed E-state index contributed by atoms with van der Waals surface area (Å²) < 4.78 is 15.1. The summed E-state index contributed by atoms with van der Waals surface area (Å²) in [7, 11) is 3.88. The van der Waals surface area contributed by atoms with Crippen LogP contribution in [0.3, 0.4) is 0 Å². The van der Waals surface area contributed by atoms with Gasteiger partial charge in [-0.15, -0.1) is 5.10 Å². The molecule has 150 valence electrons. The van der Waals surface area contributed by atoms with Crippen molar-refractivity contribution in [3.8, 4) is 11.7 Å². The molecule has 10 nitrogen and oxygen atoms in total. The molecule has 0 atom stereocenters. The Bertz CT molecular complexity index is 935. The Morgan fingerprint density at radius 1 is 1.18 bits per heavy atom. The smallest absolute Gasteiger partial charge is 0.316 e. The maximum Gasteiger partial charge on any atom is 0.316 e. The number of nitrogens with zero attached hydrogens (tertiary/aromatic N) is 7. The molecule has 0 amide bonds. The molecule has 1 fully saturated rings. The molecule has 1 N–H and O–H groups in total. The zero-order valence-corrected chi connectivity index (χ0v) is 16.7. The first-order chi connectivity index (χ1) is 13.5. The van der Waals surface area contributed by atoms with Crippen molar-refractivity contribution in [2.24, 2.45) is 14.1 Å². The van der Waals surface area contributed by atoms with E-state index in [0.29, 0.717) is 30.2 Å². The fourth-order valence-electron chi connectivity index (χ4n) is 3.50. The number of nitrogens with one attached hydrogen (secondary N) is 1. The zero-order valence-electron chi connectivity index (χ0n) is 16.7. The lowest BCUT2D eigenvalue weighted by Gasteiger charge is -2.29. The average molecular weight is 386 g/mol. The van der Waals surface area contributed by atoms with Crippen molar-refractivity contribution in [2.45, 2.75) is 26.3 Å². The fraction of sp³-hybridized carbons (Fsp3) is 0.556. The van der Waals surface area contributed by atoms with Crippen LogP contribution in [0, 0.1) is 0 Å². The van der Waals surface area contributed by atoms with Crippen molar-refractivity contribution >= 4 is 11.8 Å². The third-order valence-corrected chi connectivity index (χ3v) is 4.85. The molecular weight excluding hydrogens is 360 g/mol. The Balaban J connectivity index is 1.57. The Hall–Kier alpha value is -2.88. The maximum atomic E-state index is 5.75. The van der Waals surface area contributed by atoms with Crippen LogP contribution in [-0.2, 0) is 25.4 Å². The third-order valence-electron chi connectivity index (χ3n) is 4.85. The number of hydrogen-bond acceptors (Lipinski definition) is 8. The zero-order chi connectivity index (χ0) is 19.7. The van der Waals surface area contributed by atoms with E-state index in [1.165, 1.54) is 0 Å². The molecule has 0 radical (unpaired) electrons. The van der Waals surface area contributed by atoms with E-state index in [9.17, 15) is 0 Å². The van der Waals surface area contributed by atoms with Gasteiger partial charge in [-0.2, -0.15) is 5.10 Å². The molecule has 0 aliphatic carbocycles. The minimum absolute atomic E-state index is 0.309. The van der Waals surface area contributed by atoms with Gasteiger partial charge in [0.1, 0.15) is 5.82 Å². The summed E-state index contributed by atoms with van der Waals surface area (Å²) in [5.74, 6) is 2.45. The van der Waals surface area contributed by atoms with Gasteiger partial charge >= 0.3 is 6.01 Å². The van der Waals surface area contributed by atoms with Gasteiger partial charge in [0.05, 0.1) is 25.5 Å². The molecule has 0 saturated carbocycles. The molecule has 1 aliphatic rings. The Kier molecular flexibility index (Phi) is 5.03. The summed E-state index contributed by atoms with van der Waals surface area (Å²) in [6.07, 6.45) is 3.54. The largest absolute Gasteiger partial charge is 0.400 e. The minimum Gasteiger partial charge on any atom is -0.400 e. The number of rotatable bonds is 6. The fourth-order valence-corrected chi connectivity index (χ4v) is 3.50. The summed E-state index contributed by atoms with van der Waals surface area (Å²) in [5, 5.41) is 16.2. The number of aromatic nitrogens is 6. The predicted molar refractivity (Wildman–Crippen MR) is 104 cm³/mol. The van der Waals surface area contributed by atoms with Crippen LogP contribution in [0.1, 0.15) is 31.0 Å². The number of anilines is 2. The van der Waals surface area contributed by atoms with E-state index in [2.05, 4.69) is 39.2 Å². The number of ether oxygens (including phenoxy) is 1. The van der Waals surface area contributed by atoms with Crippen LogP contribution in [0.2, 0.25) is 0 Å². The van der Waals surface area contributed by atoms with Crippen molar-refractivity contribution in [2.75, 3.05) is 36.5 Å². The van der Waals surface area contributed by atoms with Crippen LogP contribution in [0.25, 0.3) is 11.7 Å². The van der Waals surface area contributed by atoms with E-state index in [1.807, 2.05) is 29.5 Å². The van der Waals surface area contributed by atoms with Crippen molar-refractivity contribution in [1.82, 2.24) is 29.5 Å². The van der Waals surface area contributed by atoms with Crippen LogP contribution >= 0.6 is 0 Å². The molecule has 1 aliphatic heterocycles. The SMILES string of the molecule is CC(C)c1nn(C)c(N2CCOCC2)c1CNc1nnc(-c2nccn2C)o1. The lowest BCUT2D eigenvalue weighted by Crippen LogP contribution is -2.38. The molecule has 4 heterocycles. The highest BCUT2D eigenvalue weighted by Gasteiger charge is 2.24. The standard InChI is InChI=1S/C18H26N8O2/c1-12(2)14-13(17(25(4)23-14)26-7-9-27-10-8-26)11-20-18-22-21-16(28-18)15-19-5-6-24(15)3/h5-6,12H,7-11H2,1-4H3,(H,20,22). The number of hydrogen-bond donors (Lipinski definition) is 1. The quantitative estimate of drug-likeness (QED) is 0.684. The lowest BCUT2D eigenvalue weighted by molar-refractivity contribution is 0.122. The first kappa shape index (κ1) is 18.5. The minimum atomic E-state index is 0.309. The Labute approximate surface area is 163 Å². The van der Waals surface area contributed by atoms with Gasteiger partial charge in [-0.3, -0.25) is 4.68 Å². The number of imidazole rings is 1. The number of morpholine rings is 1. The molecule has 1 saturated heterocycles.